The van der Waals surface area contributed by atoms with Crippen molar-refractivity contribution in [2.24, 2.45) is 0 Å². The number of hydrazine groups is 1. The summed E-state index contributed by atoms with van der Waals surface area (Å²) < 4.78 is 28.2. The van der Waals surface area contributed by atoms with Gasteiger partial charge in [0.2, 0.25) is 0 Å². The van der Waals surface area contributed by atoms with Crippen LogP contribution in [0, 0.1) is 10.1 Å². The number of amides is 1. The van der Waals surface area contributed by atoms with Crippen molar-refractivity contribution < 1.29 is 18.1 Å². The zero-order valence-electron chi connectivity index (χ0n) is 16.3. The quantitative estimate of drug-likeness (QED) is 0.300. The molecule has 11 nitrogen and oxygen atoms in total. The van der Waals surface area contributed by atoms with E-state index >= 15 is 0 Å². The first-order valence-electron chi connectivity index (χ1n) is 9.20. The number of nitro groups is 1. The van der Waals surface area contributed by atoms with Crippen LogP contribution in [-0.4, -0.2) is 29.2 Å². The second-order valence-electron chi connectivity index (χ2n) is 6.57. The van der Waals surface area contributed by atoms with Crippen LogP contribution in [0.5, 0.6) is 0 Å². The highest BCUT2D eigenvalue weighted by molar-refractivity contribution is 7.92. The number of sulfonamides is 1. The highest BCUT2D eigenvalue weighted by Crippen LogP contribution is 2.24. The van der Waals surface area contributed by atoms with Crippen molar-refractivity contribution in [3.05, 3.63) is 89.1 Å². The molecular weight excluding hydrogens is 436 g/mol. The summed E-state index contributed by atoms with van der Waals surface area (Å²) in [6.07, 6.45) is 1.25. The van der Waals surface area contributed by atoms with Crippen molar-refractivity contribution in [2.75, 3.05) is 10.1 Å². The number of carbonyl (C=O) groups excluding carboxylic acids is 1. The minimum Gasteiger partial charge on any atom is -0.297 e. The van der Waals surface area contributed by atoms with Gasteiger partial charge in [-0.2, -0.15) is 9.78 Å². The monoisotopic (exact) mass is 452 g/mol. The van der Waals surface area contributed by atoms with Crippen molar-refractivity contribution in [2.45, 2.75) is 4.90 Å². The van der Waals surface area contributed by atoms with Crippen molar-refractivity contribution in [1.82, 2.24) is 15.2 Å². The minimum absolute atomic E-state index is 0.140. The number of nitrogens with zero attached hydrogens (tertiary/aromatic N) is 3. The van der Waals surface area contributed by atoms with Crippen molar-refractivity contribution in [3.63, 3.8) is 0 Å². The summed E-state index contributed by atoms with van der Waals surface area (Å²) in [4.78, 5) is 23.2. The molecule has 162 valence electrons. The van der Waals surface area contributed by atoms with E-state index in [0.717, 1.165) is 4.68 Å². The van der Waals surface area contributed by atoms with E-state index in [0.29, 0.717) is 11.4 Å². The van der Waals surface area contributed by atoms with Gasteiger partial charge in [-0.25, -0.2) is 18.6 Å². The van der Waals surface area contributed by atoms with Crippen LogP contribution in [0.25, 0.3) is 10.9 Å². The number of non-ortho nitro benzene ring substituents is 1. The van der Waals surface area contributed by atoms with E-state index in [1.165, 1.54) is 42.6 Å². The molecule has 0 aliphatic rings. The standard InChI is InChI=1S/C20H16N6O5S/c27-20(25-18-7-4-8-19(26(28)29)17(18)13-21-25)23-22-14-9-11-15(12-10-14)24-32(30,31)16-5-2-1-3-6-16/h1-13,22,24H,(H,23,27). The van der Waals surface area contributed by atoms with E-state index < -0.39 is 21.0 Å². The predicted molar refractivity (Wildman–Crippen MR) is 118 cm³/mol. The van der Waals surface area contributed by atoms with Crippen LogP contribution in [0.15, 0.2) is 83.9 Å². The SMILES string of the molecule is O=C(NNc1ccc(NS(=O)(=O)c2ccccc2)cc1)n1ncc2c([N+](=O)[O-])cccc21. The molecule has 3 aromatic carbocycles. The topological polar surface area (TPSA) is 148 Å². The third-order valence-corrected chi connectivity index (χ3v) is 5.88. The minimum atomic E-state index is -3.71. The largest absolute Gasteiger partial charge is 0.361 e. The van der Waals surface area contributed by atoms with Gasteiger partial charge in [0, 0.05) is 11.8 Å². The van der Waals surface area contributed by atoms with Crippen LogP contribution in [0.1, 0.15) is 0 Å². The molecule has 0 bridgehead atoms. The number of nitro benzene ring substituents is 1. The molecule has 0 aliphatic heterocycles. The Morgan fingerprint density at radius 3 is 2.31 bits per heavy atom. The summed E-state index contributed by atoms with van der Waals surface area (Å²) >= 11 is 0. The van der Waals surface area contributed by atoms with E-state index in [4.69, 9.17) is 0 Å². The maximum absolute atomic E-state index is 12.5. The zero-order valence-corrected chi connectivity index (χ0v) is 17.1. The predicted octanol–water partition coefficient (Wildman–Crippen LogP) is 3.33. The molecule has 0 fully saturated rings. The first-order chi connectivity index (χ1) is 15.3. The van der Waals surface area contributed by atoms with Gasteiger partial charge in [-0.05, 0) is 42.5 Å². The van der Waals surface area contributed by atoms with E-state index in [2.05, 4.69) is 20.7 Å². The Balaban J connectivity index is 1.43. The Bertz CT molecular complexity index is 1400. The number of anilines is 2. The summed E-state index contributed by atoms with van der Waals surface area (Å²) in [6.45, 7) is 0. The van der Waals surface area contributed by atoms with E-state index in [9.17, 15) is 23.3 Å². The van der Waals surface area contributed by atoms with Gasteiger partial charge >= 0.3 is 6.03 Å². The number of nitrogens with one attached hydrogen (secondary N) is 3. The van der Waals surface area contributed by atoms with Gasteiger partial charge in [0.25, 0.3) is 15.7 Å². The lowest BCUT2D eigenvalue weighted by Crippen LogP contribution is -2.33. The Morgan fingerprint density at radius 2 is 1.62 bits per heavy atom. The van der Waals surface area contributed by atoms with Gasteiger partial charge in [-0.3, -0.25) is 20.3 Å². The number of benzene rings is 3. The number of fused-ring (bicyclic) bond motifs is 1. The van der Waals surface area contributed by atoms with E-state index in [1.807, 2.05) is 0 Å². The molecule has 1 amide bonds. The molecule has 4 rings (SSSR count). The molecule has 0 saturated carbocycles. The van der Waals surface area contributed by atoms with Crippen molar-refractivity contribution >= 4 is 44.0 Å². The van der Waals surface area contributed by atoms with Gasteiger partial charge in [-0.15, -0.1) is 0 Å². The Morgan fingerprint density at radius 1 is 0.938 bits per heavy atom. The maximum Gasteiger partial charge on any atom is 0.361 e. The van der Waals surface area contributed by atoms with Gasteiger partial charge < -0.3 is 0 Å². The van der Waals surface area contributed by atoms with Crippen molar-refractivity contribution in [3.8, 4) is 0 Å². The summed E-state index contributed by atoms with van der Waals surface area (Å²) in [5.74, 6) is 0. The number of hydrogen-bond acceptors (Lipinski definition) is 7. The lowest BCUT2D eigenvalue weighted by atomic mass is 10.2. The third kappa shape index (κ3) is 4.20. The summed E-state index contributed by atoms with van der Waals surface area (Å²) in [5, 5.41) is 15.3. The normalized spacial score (nSPS) is 11.1. The zero-order chi connectivity index (χ0) is 22.7. The van der Waals surface area contributed by atoms with E-state index in [-0.39, 0.29) is 21.5 Å². The molecule has 0 aliphatic carbocycles. The summed E-state index contributed by atoms with van der Waals surface area (Å²) in [5.41, 5.74) is 6.07. The molecule has 0 radical (unpaired) electrons. The van der Waals surface area contributed by atoms with Crippen LogP contribution in [0.2, 0.25) is 0 Å². The van der Waals surface area contributed by atoms with Crippen LogP contribution in [0.3, 0.4) is 0 Å². The molecular formula is C20H16N6O5S. The number of hydrogen-bond donors (Lipinski definition) is 3. The van der Waals surface area contributed by atoms with Crippen LogP contribution >= 0.6 is 0 Å². The molecule has 4 aromatic rings. The fourth-order valence-electron chi connectivity index (χ4n) is 2.97. The Hall–Kier alpha value is -4.45. The average molecular weight is 452 g/mol. The first kappa shape index (κ1) is 20.8. The lowest BCUT2D eigenvalue weighted by molar-refractivity contribution is -0.383. The number of aromatic nitrogens is 2. The molecule has 0 saturated heterocycles. The van der Waals surface area contributed by atoms with Crippen LogP contribution in [0.4, 0.5) is 21.9 Å². The van der Waals surface area contributed by atoms with Gasteiger partial charge in [0.15, 0.2) is 0 Å². The Labute approximate surface area is 181 Å². The summed E-state index contributed by atoms with van der Waals surface area (Å²) in [6, 6.07) is 17.8. The van der Waals surface area contributed by atoms with Gasteiger partial charge in [0.1, 0.15) is 0 Å². The summed E-state index contributed by atoms with van der Waals surface area (Å²) in [7, 11) is -3.71. The molecule has 0 unspecified atom stereocenters. The second kappa shape index (κ2) is 8.35. The smallest absolute Gasteiger partial charge is 0.297 e. The van der Waals surface area contributed by atoms with Crippen molar-refractivity contribution in [1.29, 1.82) is 0 Å². The van der Waals surface area contributed by atoms with E-state index in [1.54, 1.807) is 36.4 Å². The molecule has 0 spiro atoms. The number of rotatable bonds is 6. The van der Waals surface area contributed by atoms with Crippen LogP contribution < -0.4 is 15.6 Å². The average Bonchev–Trinajstić information content (AvgIpc) is 3.23. The molecule has 1 aromatic heterocycles. The van der Waals surface area contributed by atoms with Gasteiger partial charge in [-0.1, -0.05) is 24.3 Å². The maximum atomic E-state index is 12.5. The second-order valence-corrected chi connectivity index (χ2v) is 8.26. The molecule has 1 heterocycles. The first-order valence-corrected chi connectivity index (χ1v) is 10.7. The van der Waals surface area contributed by atoms with Crippen LogP contribution in [-0.2, 0) is 10.0 Å². The highest BCUT2D eigenvalue weighted by atomic mass is 32.2. The fraction of sp³-hybridized carbons (Fsp3) is 0. The molecule has 12 heteroatoms. The highest BCUT2D eigenvalue weighted by Gasteiger charge is 2.18. The molecule has 3 N–H and O–H groups in total. The molecule has 0 atom stereocenters. The van der Waals surface area contributed by atoms with Gasteiger partial charge in [0.05, 0.1) is 32.6 Å². The Kier molecular flexibility index (Phi) is 5.43. The fourth-order valence-corrected chi connectivity index (χ4v) is 4.05. The molecule has 32 heavy (non-hydrogen) atoms. The lowest BCUT2D eigenvalue weighted by Gasteiger charge is -2.11. The number of carbonyl (C=O) groups is 1. The third-order valence-electron chi connectivity index (χ3n) is 4.48.